The summed E-state index contributed by atoms with van der Waals surface area (Å²) >= 11 is 0. The van der Waals surface area contributed by atoms with Crippen molar-refractivity contribution >= 4 is 11.9 Å². The van der Waals surface area contributed by atoms with E-state index in [1.807, 2.05) is 0 Å². The maximum Gasteiger partial charge on any atom is 0.310 e. The molecule has 0 aromatic heterocycles. The number of fused-ring (bicyclic) bond motifs is 17. The number of hydrogen-bond donors (Lipinski definition) is 0. The van der Waals surface area contributed by atoms with Crippen molar-refractivity contribution in [2.45, 2.75) is 64.2 Å². The molecule has 0 amide bonds. The number of hydrogen-bond acceptors (Lipinski definition) is 6. The molecule has 0 radical (unpaired) electrons. The Labute approximate surface area is 167 Å². The van der Waals surface area contributed by atoms with Gasteiger partial charge in [-0.05, 0) is 25.0 Å². The number of carbonyl (C=O) groups is 2. The van der Waals surface area contributed by atoms with Crippen molar-refractivity contribution in [3.63, 3.8) is 0 Å². The van der Waals surface area contributed by atoms with Gasteiger partial charge in [-0.25, -0.2) is 0 Å². The second-order valence-electron chi connectivity index (χ2n) is 7.10. The van der Waals surface area contributed by atoms with Gasteiger partial charge in [-0.2, -0.15) is 0 Å². The predicted molar refractivity (Wildman–Crippen MR) is 106 cm³/mol. The van der Waals surface area contributed by atoms with Gasteiger partial charge in [0, 0.05) is 11.1 Å². The van der Waals surface area contributed by atoms with Crippen LogP contribution in [-0.2, 0) is 31.9 Å². The standard InChI is InChI=1S/C22H32O6/c1-25-19-13-18-16-22(24)28-12-10-8-6-4-3-5-7-9-11-27-21(23)15-17(19)14-20(18)26-2/h13-14H,3-12,15-16H2,1-2H3. The highest BCUT2D eigenvalue weighted by Crippen LogP contribution is 2.30. The van der Waals surface area contributed by atoms with Crippen LogP contribution in [0.15, 0.2) is 12.1 Å². The van der Waals surface area contributed by atoms with Crippen LogP contribution in [0.3, 0.4) is 0 Å². The van der Waals surface area contributed by atoms with Crippen molar-refractivity contribution in [3.05, 3.63) is 23.3 Å². The molecule has 0 aliphatic carbocycles. The van der Waals surface area contributed by atoms with Crippen molar-refractivity contribution in [1.29, 1.82) is 0 Å². The number of benzene rings is 1. The zero-order valence-electron chi connectivity index (χ0n) is 17.1. The molecule has 0 fully saturated rings. The lowest BCUT2D eigenvalue weighted by Crippen LogP contribution is -2.12. The summed E-state index contributed by atoms with van der Waals surface area (Å²) in [7, 11) is 3.08. The SMILES string of the molecule is COc1cc2c(OC)cc1CC(=O)OCCCCCCCCCCOC(=O)C2. The minimum Gasteiger partial charge on any atom is -0.496 e. The Hall–Kier alpha value is -2.24. The Morgan fingerprint density at radius 2 is 1.00 bits per heavy atom. The van der Waals surface area contributed by atoms with E-state index >= 15 is 0 Å². The molecule has 2 aliphatic heterocycles. The van der Waals surface area contributed by atoms with Crippen molar-refractivity contribution < 1.29 is 28.5 Å². The Kier molecular flexibility index (Phi) is 9.66. The molecule has 0 saturated carbocycles. The lowest BCUT2D eigenvalue weighted by atomic mass is 10.0. The first kappa shape index (κ1) is 22.1. The van der Waals surface area contributed by atoms with Crippen molar-refractivity contribution in [2.75, 3.05) is 27.4 Å². The summed E-state index contributed by atoms with van der Waals surface area (Å²) < 4.78 is 21.5. The van der Waals surface area contributed by atoms with Crippen LogP contribution in [0.5, 0.6) is 11.5 Å². The molecule has 0 unspecified atom stereocenters. The summed E-state index contributed by atoms with van der Waals surface area (Å²) in [5, 5.41) is 0. The minimum atomic E-state index is -0.290. The Bertz CT molecular complexity index is 584. The van der Waals surface area contributed by atoms with Crippen LogP contribution in [0.1, 0.15) is 62.5 Å². The van der Waals surface area contributed by atoms with Crippen LogP contribution >= 0.6 is 0 Å². The van der Waals surface area contributed by atoms with E-state index in [2.05, 4.69) is 0 Å². The quantitative estimate of drug-likeness (QED) is 0.708. The highest BCUT2D eigenvalue weighted by molar-refractivity contribution is 5.76. The van der Waals surface area contributed by atoms with E-state index in [0.29, 0.717) is 35.8 Å². The van der Waals surface area contributed by atoms with Crippen LogP contribution in [0.2, 0.25) is 0 Å². The fraction of sp³-hybridized carbons (Fsp3) is 0.636. The topological polar surface area (TPSA) is 71.1 Å². The summed E-state index contributed by atoms with van der Waals surface area (Å²) in [6.45, 7) is 0.893. The molecule has 0 N–H and O–H groups in total. The summed E-state index contributed by atoms with van der Waals surface area (Å²) in [6.07, 6.45) is 8.80. The fourth-order valence-electron chi connectivity index (χ4n) is 3.35. The van der Waals surface area contributed by atoms with Gasteiger partial charge in [0.2, 0.25) is 0 Å². The molecule has 2 aliphatic rings. The first-order valence-corrected chi connectivity index (χ1v) is 10.2. The summed E-state index contributed by atoms with van der Waals surface area (Å²) in [5.74, 6) is 0.494. The van der Waals surface area contributed by atoms with Gasteiger partial charge in [-0.3, -0.25) is 9.59 Å². The highest BCUT2D eigenvalue weighted by Gasteiger charge is 2.17. The van der Waals surface area contributed by atoms with Gasteiger partial charge in [0.25, 0.3) is 0 Å². The van der Waals surface area contributed by atoms with E-state index in [4.69, 9.17) is 18.9 Å². The maximum atomic E-state index is 12.2. The first-order valence-electron chi connectivity index (χ1n) is 10.2. The van der Waals surface area contributed by atoms with E-state index in [1.54, 1.807) is 12.1 Å². The monoisotopic (exact) mass is 392 g/mol. The third kappa shape index (κ3) is 7.41. The van der Waals surface area contributed by atoms with Gasteiger partial charge < -0.3 is 18.9 Å². The molecule has 156 valence electrons. The normalized spacial score (nSPS) is 18.1. The molecular weight excluding hydrogens is 360 g/mol. The maximum absolute atomic E-state index is 12.2. The molecule has 28 heavy (non-hydrogen) atoms. The fourth-order valence-corrected chi connectivity index (χ4v) is 3.35. The zero-order chi connectivity index (χ0) is 20.2. The van der Waals surface area contributed by atoms with Crippen molar-refractivity contribution in [2.24, 2.45) is 0 Å². The number of carbonyl (C=O) groups excluding carboxylic acids is 2. The molecule has 3 rings (SSSR count). The third-order valence-electron chi connectivity index (χ3n) is 4.92. The molecule has 6 heteroatoms. The van der Waals surface area contributed by atoms with E-state index in [9.17, 15) is 9.59 Å². The van der Waals surface area contributed by atoms with Gasteiger partial charge >= 0.3 is 11.9 Å². The van der Waals surface area contributed by atoms with Gasteiger partial charge in [0.15, 0.2) is 0 Å². The number of methoxy groups -OCH3 is 2. The van der Waals surface area contributed by atoms with Gasteiger partial charge in [0.05, 0.1) is 40.3 Å². The molecule has 1 aromatic carbocycles. The Morgan fingerprint density at radius 1 is 0.643 bits per heavy atom. The molecule has 2 bridgehead atoms. The Morgan fingerprint density at radius 3 is 1.36 bits per heavy atom. The van der Waals surface area contributed by atoms with Gasteiger partial charge in [-0.15, -0.1) is 0 Å². The smallest absolute Gasteiger partial charge is 0.310 e. The lowest BCUT2D eigenvalue weighted by molar-refractivity contribution is -0.144. The third-order valence-corrected chi connectivity index (χ3v) is 4.92. The molecule has 1 aromatic rings. The lowest BCUT2D eigenvalue weighted by Gasteiger charge is -2.15. The van der Waals surface area contributed by atoms with Crippen LogP contribution in [0.25, 0.3) is 0 Å². The van der Waals surface area contributed by atoms with Gasteiger partial charge in [-0.1, -0.05) is 38.5 Å². The molecular formula is C22H32O6. The highest BCUT2D eigenvalue weighted by atomic mass is 16.5. The second kappa shape index (κ2) is 12.3. The summed E-state index contributed by atoms with van der Waals surface area (Å²) in [4.78, 5) is 24.4. The Balaban J connectivity index is 2.13. The van der Waals surface area contributed by atoms with Crippen molar-refractivity contribution in [1.82, 2.24) is 0 Å². The molecule has 6 nitrogen and oxygen atoms in total. The average Bonchev–Trinajstić information content (AvgIpc) is 2.68. The molecule has 0 atom stereocenters. The minimum absolute atomic E-state index is 0.101. The van der Waals surface area contributed by atoms with Crippen LogP contribution < -0.4 is 9.47 Å². The van der Waals surface area contributed by atoms with E-state index in [0.717, 1.165) is 38.5 Å². The predicted octanol–water partition coefficient (Wildman–Crippen LogP) is 4.01. The number of ether oxygens (including phenoxy) is 4. The first-order chi connectivity index (χ1) is 13.6. The van der Waals surface area contributed by atoms with Crippen LogP contribution in [0, 0.1) is 0 Å². The number of rotatable bonds is 2. The second-order valence-corrected chi connectivity index (χ2v) is 7.10. The van der Waals surface area contributed by atoms with Crippen molar-refractivity contribution in [3.8, 4) is 11.5 Å². The largest absolute Gasteiger partial charge is 0.496 e. The summed E-state index contributed by atoms with van der Waals surface area (Å²) in [5.41, 5.74) is 1.35. The van der Waals surface area contributed by atoms with E-state index in [1.165, 1.54) is 27.1 Å². The van der Waals surface area contributed by atoms with E-state index in [-0.39, 0.29) is 24.8 Å². The van der Waals surface area contributed by atoms with Gasteiger partial charge in [0.1, 0.15) is 11.5 Å². The van der Waals surface area contributed by atoms with Crippen LogP contribution in [0.4, 0.5) is 0 Å². The summed E-state index contributed by atoms with van der Waals surface area (Å²) in [6, 6.07) is 3.47. The molecule has 2 heterocycles. The van der Waals surface area contributed by atoms with Crippen LogP contribution in [-0.4, -0.2) is 39.4 Å². The molecule has 0 spiro atoms. The average molecular weight is 392 g/mol. The number of esters is 2. The molecule has 0 saturated heterocycles. The zero-order valence-corrected chi connectivity index (χ0v) is 17.1. The van der Waals surface area contributed by atoms with E-state index < -0.39 is 0 Å².